The summed E-state index contributed by atoms with van der Waals surface area (Å²) in [7, 11) is 0. The zero-order chi connectivity index (χ0) is 12.4. The number of rotatable bonds is 3. The molecule has 0 spiro atoms. The fraction of sp³-hybridized carbons (Fsp3) is 0.250. The van der Waals surface area contributed by atoms with E-state index in [1.165, 1.54) is 11.3 Å². The highest BCUT2D eigenvalue weighted by molar-refractivity contribution is 7.10. The number of aryl methyl sites for hydroxylation is 1. The highest BCUT2D eigenvalue weighted by atomic mass is 35.5. The summed E-state index contributed by atoms with van der Waals surface area (Å²) in [5.41, 5.74) is 1.86. The van der Waals surface area contributed by atoms with Crippen LogP contribution < -0.4 is 0 Å². The Balaban J connectivity index is 2.20. The number of hydrogen-bond acceptors (Lipinski definition) is 3. The van der Waals surface area contributed by atoms with Crippen LogP contribution >= 0.6 is 34.5 Å². The van der Waals surface area contributed by atoms with Crippen molar-refractivity contribution in [2.75, 3.05) is 0 Å². The highest BCUT2D eigenvalue weighted by Crippen LogP contribution is 2.34. The summed E-state index contributed by atoms with van der Waals surface area (Å²) >= 11 is 13.6. The van der Waals surface area contributed by atoms with E-state index in [2.05, 4.69) is 4.98 Å². The molecule has 2 rings (SSSR count). The van der Waals surface area contributed by atoms with Crippen LogP contribution in [0.15, 0.2) is 23.8 Å². The first-order valence-electron chi connectivity index (χ1n) is 5.09. The summed E-state index contributed by atoms with van der Waals surface area (Å²) in [4.78, 5) is 4.70. The smallest absolute Gasteiger partial charge is 0.0937 e. The van der Waals surface area contributed by atoms with Crippen molar-refractivity contribution in [3.63, 3.8) is 0 Å². The molecule has 1 N–H and O–H groups in total. The maximum absolute atomic E-state index is 10.1. The standard InChI is InChI=1S/C12H11Cl2NOS/c1-7-6-17-12(11(7)14)10(16)4-8-2-3-15-5-9(8)13/h2-3,5-6,10,16H,4H2,1H3. The molecule has 0 aliphatic heterocycles. The van der Waals surface area contributed by atoms with Gasteiger partial charge >= 0.3 is 0 Å². The number of halogens is 2. The second kappa shape index (κ2) is 5.36. The Bertz CT molecular complexity index is 527. The average molecular weight is 288 g/mol. The second-order valence-electron chi connectivity index (χ2n) is 3.78. The molecule has 0 fully saturated rings. The lowest BCUT2D eigenvalue weighted by Gasteiger charge is -2.10. The fourth-order valence-corrected chi connectivity index (χ4v) is 3.05. The Morgan fingerprint density at radius 2 is 2.24 bits per heavy atom. The molecular formula is C12H11Cl2NOS. The first-order valence-corrected chi connectivity index (χ1v) is 6.73. The summed E-state index contributed by atoms with van der Waals surface area (Å²) < 4.78 is 0. The van der Waals surface area contributed by atoms with Crippen LogP contribution in [-0.2, 0) is 6.42 Å². The van der Waals surface area contributed by atoms with Crippen molar-refractivity contribution >= 4 is 34.5 Å². The van der Waals surface area contributed by atoms with Crippen LogP contribution in [0, 0.1) is 6.92 Å². The summed E-state index contributed by atoms with van der Waals surface area (Å²) in [5, 5.41) is 13.3. The molecule has 0 aliphatic rings. The van der Waals surface area contributed by atoms with Gasteiger partial charge < -0.3 is 5.11 Å². The molecule has 0 amide bonds. The molecule has 5 heteroatoms. The number of thiophene rings is 1. The molecule has 0 aromatic carbocycles. The summed E-state index contributed by atoms with van der Waals surface area (Å²) in [5.74, 6) is 0. The minimum Gasteiger partial charge on any atom is -0.387 e. The van der Waals surface area contributed by atoms with E-state index in [1.54, 1.807) is 18.5 Å². The van der Waals surface area contributed by atoms with E-state index in [-0.39, 0.29) is 0 Å². The third-order valence-corrected chi connectivity index (χ3v) is 4.65. The Morgan fingerprint density at radius 3 is 2.82 bits per heavy atom. The third-order valence-electron chi connectivity index (χ3n) is 2.50. The highest BCUT2D eigenvalue weighted by Gasteiger charge is 2.17. The van der Waals surface area contributed by atoms with Crippen molar-refractivity contribution in [2.45, 2.75) is 19.4 Å². The van der Waals surface area contributed by atoms with Gasteiger partial charge in [0.2, 0.25) is 0 Å². The number of aliphatic hydroxyl groups excluding tert-OH is 1. The molecule has 0 saturated carbocycles. The van der Waals surface area contributed by atoms with Crippen LogP contribution in [0.25, 0.3) is 0 Å². The average Bonchev–Trinajstić information content (AvgIpc) is 2.63. The Hall–Kier alpha value is -0.610. The molecular weight excluding hydrogens is 277 g/mol. The van der Waals surface area contributed by atoms with E-state index in [0.29, 0.717) is 16.5 Å². The van der Waals surface area contributed by atoms with Crippen molar-refractivity contribution in [3.05, 3.63) is 49.9 Å². The topological polar surface area (TPSA) is 33.1 Å². The molecule has 1 unspecified atom stereocenters. The van der Waals surface area contributed by atoms with Gasteiger partial charge in [0.15, 0.2) is 0 Å². The molecule has 0 aliphatic carbocycles. The Morgan fingerprint density at radius 1 is 1.47 bits per heavy atom. The number of aromatic nitrogens is 1. The van der Waals surface area contributed by atoms with Gasteiger partial charge in [-0.15, -0.1) is 11.3 Å². The lowest BCUT2D eigenvalue weighted by Crippen LogP contribution is -2.01. The molecule has 1 atom stereocenters. The van der Waals surface area contributed by atoms with Gasteiger partial charge in [-0.05, 0) is 29.5 Å². The predicted molar refractivity (Wildman–Crippen MR) is 72.0 cm³/mol. The lowest BCUT2D eigenvalue weighted by molar-refractivity contribution is 0.182. The van der Waals surface area contributed by atoms with E-state index in [4.69, 9.17) is 23.2 Å². The van der Waals surface area contributed by atoms with Gasteiger partial charge in [-0.2, -0.15) is 0 Å². The minimum absolute atomic E-state index is 0.445. The van der Waals surface area contributed by atoms with Gasteiger partial charge in [0, 0.05) is 18.8 Å². The van der Waals surface area contributed by atoms with Crippen molar-refractivity contribution in [3.8, 4) is 0 Å². The molecule has 0 radical (unpaired) electrons. The van der Waals surface area contributed by atoms with Crippen molar-refractivity contribution in [1.29, 1.82) is 0 Å². The van der Waals surface area contributed by atoms with Gasteiger partial charge in [0.05, 0.1) is 21.0 Å². The summed E-state index contributed by atoms with van der Waals surface area (Å²) in [6, 6.07) is 1.81. The van der Waals surface area contributed by atoms with E-state index in [0.717, 1.165) is 16.0 Å². The molecule has 90 valence electrons. The first-order chi connectivity index (χ1) is 8.09. The molecule has 2 aromatic rings. The fourth-order valence-electron chi connectivity index (χ4n) is 1.55. The summed E-state index contributed by atoms with van der Waals surface area (Å²) in [6.45, 7) is 1.93. The van der Waals surface area contributed by atoms with Gasteiger partial charge in [-0.1, -0.05) is 23.2 Å². The lowest BCUT2D eigenvalue weighted by atomic mass is 10.1. The summed E-state index contributed by atoms with van der Waals surface area (Å²) in [6.07, 6.45) is 3.06. The molecule has 0 saturated heterocycles. The van der Waals surface area contributed by atoms with Gasteiger partial charge in [0.25, 0.3) is 0 Å². The van der Waals surface area contributed by atoms with Crippen LogP contribution in [0.1, 0.15) is 22.1 Å². The third kappa shape index (κ3) is 2.80. The predicted octanol–water partition coefficient (Wildman–Crippen LogP) is 4.03. The molecule has 17 heavy (non-hydrogen) atoms. The molecule has 2 heterocycles. The van der Waals surface area contributed by atoms with Crippen molar-refractivity contribution in [2.24, 2.45) is 0 Å². The van der Waals surface area contributed by atoms with Crippen LogP contribution in [0.5, 0.6) is 0 Å². The number of hydrogen-bond donors (Lipinski definition) is 1. The van der Waals surface area contributed by atoms with E-state index in [9.17, 15) is 5.11 Å². The molecule has 0 bridgehead atoms. The molecule has 2 aromatic heterocycles. The van der Waals surface area contributed by atoms with E-state index in [1.807, 2.05) is 12.3 Å². The monoisotopic (exact) mass is 287 g/mol. The first kappa shape index (κ1) is 12.8. The zero-order valence-electron chi connectivity index (χ0n) is 9.15. The van der Waals surface area contributed by atoms with Crippen molar-refractivity contribution in [1.82, 2.24) is 4.98 Å². The van der Waals surface area contributed by atoms with Gasteiger partial charge in [-0.3, -0.25) is 4.98 Å². The maximum atomic E-state index is 10.1. The number of nitrogens with zero attached hydrogens (tertiary/aromatic N) is 1. The van der Waals surface area contributed by atoms with E-state index >= 15 is 0 Å². The van der Waals surface area contributed by atoms with Gasteiger partial charge in [-0.25, -0.2) is 0 Å². The van der Waals surface area contributed by atoms with Crippen LogP contribution in [0.3, 0.4) is 0 Å². The Kier molecular flexibility index (Phi) is 4.05. The zero-order valence-corrected chi connectivity index (χ0v) is 11.5. The quantitative estimate of drug-likeness (QED) is 0.924. The van der Waals surface area contributed by atoms with Gasteiger partial charge in [0.1, 0.15) is 0 Å². The van der Waals surface area contributed by atoms with Crippen LogP contribution in [0.4, 0.5) is 0 Å². The Labute approximate surface area is 114 Å². The van der Waals surface area contributed by atoms with Crippen molar-refractivity contribution < 1.29 is 5.11 Å². The largest absolute Gasteiger partial charge is 0.387 e. The molecule has 2 nitrogen and oxygen atoms in total. The van der Waals surface area contributed by atoms with E-state index < -0.39 is 6.10 Å². The van der Waals surface area contributed by atoms with Crippen LogP contribution in [-0.4, -0.2) is 10.1 Å². The second-order valence-corrected chi connectivity index (χ2v) is 5.48. The van der Waals surface area contributed by atoms with Crippen LogP contribution in [0.2, 0.25) is 10.0 Å². The SMILES string of the molecule is Cc1csc(C(O)Cc2ccncc2Cl)c1Cl. The number of aliphatic hydroxyl groups is 1. The number of pyridine rings is 1. The minimum atomic E-state index is -0.624. The maximum Gasteiger partial charge on any atom is 0.0937 e. The normalized spacial score (nSPS) is 12.7.